The maximum absolute atomic E-state index is 12.8. The highest BCUT2D eigenvalue weighted by molar-refractivity contribution is 7.17. The molecule has 1 saturated heterocycles. The first kappa shape index (κ1) is 26.5. The second-order valence-electron chi connectivity index (χ2n) is 8.15. The van der Waals surface area contributed by atoms with E-state index in [0.29, 0.717) is 28.2 Å². The average molecular weight is 497 g/mol. The van der Waals surface area contributed by atoms with E-state index in [1.807, 2.05) is 58.9 Å². The Morgan fingerprint density at radius 2 is 1.77 bits per heavy atom. The Labute approximate surface area is 211 Å². The van der Waals surface area contributed by atoms with Gasteiger partial charge in [0.25, 0.3) is 5.91 Å². The summed E-state index contributed by atoms with van der Waals surface area (Å²) in [6.45, 7) is 15.2. The molecule has 3 heterocycles. The fourth-order valence-electron chi connectivity index (χ4n) is 3.89. The molecule has 0 saturated carbocycles. The van der Waals surface area contributed by atoms with E-state index in [1.165, 1.54) is 11.3 Å². The molecule has 10 heteroatoms. The number of nitrogens with one attached hydrogen (secondary N) is 2. The highest BCUT2D eigenvalue weighted by atomic mass is 32.1. The van der Waals surface area contributed by atoms with Crippen molar-refractivity contribution in [2.75, 3.05) is 54.8 Å². The number of nitrogens with zero attached hydrogens (tertiary/aromatic N) is 5. The molecule has 3 aromatic rings. The fourth-order valence-corrected chi connectivity index (χ4v) is 4.61. The minimum Gasteiger partial charge on any atom is -0.354 e. The Hall–Kier alpha value is -3.08. The van der Waals surface area contributed by atoms with Crippen molar-refractivity contribution in [3.05, 3.63) is 52.3 Å². The summed E-state index contributed by atoms with van der Waals surface area (Å²) in [5.74, 6) is 2.07. The highest BCUT2D eigenvalue weighted by Crippen LogP contribution is 2.26. The number of rotatable bonds is 7. The third-order valence-corrected chi connectivity index (χ3v) is 6.56. The molecule has 0 unspecified atom stereocenters. The van der Waals surface area contributed by atoms with Gasteiger partial charge in [-0.1, -0.05) is 43.4 Å². The van der Waals surface area contributed by atoms with Crippen LogP contribution in [0.4, 0.5) is 22.5 Å². The van der Waals surface area contributed by atoms with Gasteiger partial charge in [-0.25, -0.2) is 15.0 Å². The van der Waals surface area contributed by atoms with Crippen molar-refractivity contribution in [1.82, 2.24) is 19.9 Å². The van der Waals surface area contributed by atoms with Crippen LogP contribution in [-0.2, 0) is 0 Å². The molecule has 1 aliphatic heterocycles. The van der Waals surface area contributed by atoms with Crippen molar-refractivity contribution in [2.24, 2.45) is 5.73 Å². The zero-order valence-corrected chi connectivity index (χ0v) is 22.1. The summed E-state index contributed by atoms with van der Waals surface area (Å²) in [7, 11) is 0. The summed E-state index contributed by atoms with van der Waals surface area (Å²) < 4.78 is 0. The summed E-state index contributed by atoms with van der Waals surface area (Å²) in [5, 5.41) is 6.85. The van der Waals surface area contributed by atoms with E-state index >= 15 is 0 Å². The number of nitrogens with two attached hydrogens (primary N) is 1. The van der Waals surface area contributed by atoms with Crippen molar-refractivity contribution < 1.29 is 4.79 Å². The molecule has 9 nitrogen and oxygen atoms in total. The number of thiazole rings is 1. The topological polar surface area (TPSA) is 112 Å². The van der Waals surface area contributed by atoms with Crippen LogP contribution in [0.25, 0.3) is 0 Å². The van der Waals surface area contributed by atoms with Crippen LogP contribution in [0.5, 0.6) is 0 Å². The number of anilines is 4. The summed E-state index contributed by atoms with van der Waals surface area (Å²) in [5.41, 5.74) is 8.57. The van der Waals surface area contributed by atoms with Crippen LogP contribution in [-0.4, -0.2) is 65.0 Å². The molecule has 1 aliphatic rings. The Morgan fingerprint density at radius 3 is 2.43 bits per heavy atom. The molecule has 0 spiro atoms. The molecule has 0 atom stereocenters. The molecule has 1 aromatic carbocycles. The van der Waals surface area contributed by atoms with E-state index in [2.05, 4.69) is 35.4 Å². The number of hydrogen-bond acceptors (Lipinski definition) is 9. The van der Waals surface area contributed by atoms with Crippen LogP contribution in [0, 0.1) is 20.8 Å². The molecule has 188 valence electrons. The van der Waals surface area contributed by atoms with Gasteiger partial charge in [0.05, 0.1) is 6.20 Å². The molecule has 0 bridgehead atoms. The molecule has 0 radical (unpaired) electrons. The first-order chi connectivity index (χ1) is 16.9. The van der Waals surface area contributed by atoms with Crippen molar-refractivity contribution in [2.45, 2.75) is 34.6 Å². The molecule has 4 rings (SSSR count). The maximum Gasteiger partial charge on any atom is 0.267 e. The monoisotopic (exact) mass is 496 g/mol. The maximum atomic E-state index is 12.8. The van der Waals surface area contributed by atoms with Crippen LogP contribution in [0.1, 0.15) is 40.5 Å². The quantitative estimate of drug-likeness (QED) is 0.451. The standard InChI is InChI=1S/C23H30N8OS.C2H6/c1-15-5-4-6-16(2)21(15)29-22(32)18-14-25-23(33-18)28-19-13-20(27-17(3)26-19)31-11-9-30(8-7-24)10-12-31;1-2/h4-6,13-14H,7-12,24H2,1-3H3,(H,29,32)(H,25,26,27,28);1-2H3. The van der Waals surface area contributed by atoms with Gasteiger partial charge in [0.2, 0.25) is 0 Å². The number of hydrogen-bond donors (Lipinski definition) is 3. The second kappa shape index (κ2) is 12.6. The summed E-state index contributed by atoms with van der Waals surface area (Å²) in [4.78, 5) is 31.4. The van der Waals surface area contributed by atoms with Crippen LogP contribution in [0.15, 0.2) is 30.5 Å². The van der Waals surface area contributed by atoms with Crippen molar-refractivity contribution in [3.8, 4) is 0 Å². The zero-order valence-electron chi connectivity index (χ0n) is 21.3. The van der Waals surface area contributed by atoms with Gasteiger partial charge in [-0.05, 0) is 31.9 Å². The predicted octanol–water partition coefficient (Wildman–Crippen LogP) is 3.96. The molecule has 1 amide bonds. The smallest absolute Gasteiger partial charge is 0.267 e. The average Bonchev–Trinajstić information content (AvgIpc) is 3.31. The fraction of sp³-hybridized carbons (Fsp3) is 0.440. The first-order valence-electron chi connectivity index (χ1n) is 12.1. The van der Waals surface area contributed by atoms with Gasteiger partial charge in [0.1, 0.15) is 22.3 Å². The number of carbonyl (C=O) groups excluding carboxylic acids is 1. The number of aryl methyl sites for hydroxylation is 3. The first-order valence-corrected chi connectivity index (χ1v) is 12.9. The minimum atomic E-state index is -0.173. The van der Waals surface area contributed by atoms with E-state index in [4.69, 9.17) is 5.73 Å². The molecule has 4 N–H and O–H groups in total. The van der Waals surface area contributed by atoms with Crippen LogP contribution in [0.3, 0.4) is 0 Å². The lowest BCUT2D eigenvalue weighted by Crippen LogP contribution is -2.48. The molecule has 1 fully saturated rings. The lowest BCUT2D eigenvalue weighted by molar-refractivity contribution is 0.103. The Morgan fingerprint density at radius 1 is 1.09 bits per heavy atom. The van der Waals surface area contributed by atoms with Gasteiger partial charge in [-0.2, -0.15) is 0 Å². The van der Waals surface area contributed by atoms with E-state index < -0.39 is 0 Å². The van der Waals surface area contributed by atoms with Crippen LogP contribution < -0.4 is 21.3 Å². The van der Waals surface area contributed by atoms with Gasteiger partial charge in [0, 0.05) is 51.0 Å². The van der Waals surface area contributed by atoms with Gasteiger partial charge in [-0.15, -0.1) is 0 Å². The summed E-state index contributed by atoms with van der Waals surface area (Å²) >= 11 is 1.29. The Bertz CT molecular complexity index is 1100. The van der Waals surface area contributed by atoms with Gasteiger partial charge >= 0.3 is 0 Å². The van der Waals surface area contributed by atoms with E-state index in [1.54, 1.807) is 6.20 Å². The lowest BCUT2D eigenvalue weighted by atomic mass is 10.1. The number of aromatic nitrogens is 3. The van der Waals surface area contributed by atoms with Crippen molar-refractivity contribution in [1.29, 1.82) is 0 Å². The zero-order chi connectivity index (χ0) is 25.4. The predicted molar refractivity (Wildman–Crippen MR) is 145 cm³/mol. The van der Waals surface area contributed by atoms with Gasteiger partial charge in [-0.3, -0.25) is 9.69 Å². The Balaban J connectivity index is 0.00000167. The second-order valence-corrected chi connectivity index (χ2v) is 9.18. The van der Waals surface area contributed by atoms with Gasteiger partial charge < -0.3 is 21.3 Å². The molecular formula is C25H36N8OS. The normalized spacial score (nSPS) is 13.7. The molecule has 2 aromatic heterocycles. The van der Waals surface area contributed by atoms with Crippen LogP contribution in [0.2, 0.25) is 0 Å². The summed E-state index contributed by atoms with van der Waals surface area (Å²) in [6, 6.07) is 7.88. The number of para-hydroxylation sites is 1. The highest BCUT2D eigenvalue weighted by Gasteiger charge is 2.19. The third-order valence-electron chi connectivity index (χ3n) is 5.65. The van der Waals surface area contributed by atoms with Crippen molar-refractivity contribution in [3.63, 3.8) is 0 Å². The SMILES string of the molecule is CC.Cc1nc(Nc2ncc(C(=O)Nc3c(C)cccc3C)s2)cc(N2CCN(CCN)CC2)n1. The van der Waals surface area contributed by atoms with Gasteiger partial charge in [0.15, 0.2) is 5.13 Å². The molecular weight excluding hydrogens is 460 g/mol. The van der Waals surface area contributed by atoms with E-state index in [0.717, 1.165) is 55.4 Å². The molecule has 35 heavy (non-hydrogen) atoms. The largest absolute Gasteiger partial charge is 0.354 e. The van der Waals surface area contributed by atoms with E-state index in [-0.39, 0.29) is 5.91 Å². The number of amides is 1. The number of benzene rings is 1. The summed E-state index contributed by atoms with van der Waals surface area (Å²) in [6.07, 6.45) is 1.58. The lowest BCUT2D eigenvalue weighted by Gasteiger charge is -2.35. The Kier molecular flexibility index (Phi) is 9.53. The minimum absolute atomic E-state index is 0.173. The van der Waals surface area contributed by atoms with Crippen LogP contribution >= 0.6 is 11.3 Å². The van der Waals surface area contributed by atoms with Crippen molar-refractivity contribution >= 4 is 39.7 Å². The third kappa shape index (κ3) is 6.97. The number of piperazine rings is 1. The molecule has 0 aliphatic carbocycles. The van der Waals surface area contributed by atoms with E-state index in [9.17, 15) is 4.79 Å². The number of carbonyl (C=O) groups is 1.